The van der Waals surface area contributed by atoms with Crippen LogP contribution < -0.4 is 34.7 Å². The normalized spacial score (nSPS) is 10.2. The molecule has 0 unspecified atom stereocenters. The van der Waals surface area contributed by atoms with Gasteiger partial charge >= 0.3 is 35.5 Å². The fourth-order valence-electron chi connectivity index (χ4n) is 0.786. The van der Waals surface area contributed by atoms with E-state index in [0.29, 0.717) is 6.42 Å². The number of Topliss-reactive ketones (excluding diaryl/α,β-unsaturated/α-hetero) is 1. The second kappa shape index (κ2) is 9.57. The van der Waals surface area contributed by atoms with E-state index in [9.17, 15) is 19.5 Å². The Labute approximate surface area is 116 Å². The molecule has 0 saturated heterocycles. The molecule has 0 spiro atoms. The second-order valence-corrected chi connectivity index (χ2v) is 3.06. The number of ether oxygens (including phenoxy) is 1. The van der Waals surface area contributed by atoms with Gasteiger partial charge in [-0.1, -0.05) is 6.08 Å². The van der Waals surface area contributed by atoms with Crippen molar-refractivity contribution in [3.8, 4) is 0 Å². The molecule has 0 aliphatic carbocycles. The van der Waals surface area contributed by atoms with Crippen LogP contribution in [0, 0.1) is 0 Å². The quantitative estimate of drug-likeness (QED) is 0.158. The van der Waals surface area contributed by atoms with E-state index in [4.69, 9.17) is 0 Å². The SMILES string of the molecule is CC(=O)CC(=O)OCCC=C(C)C(=O)[O-].[Na+]. The van der Waals surface area contributed by atoms with Crippen molar-refractivity contribution in [2.75, 3.05) is 6.61 Å². The molecule has 0 saturated carbocycles. The third kappa shape index (κ3) is 9.89. The van der Waals surface area contributed by atoms with E-state index in [0.717, 1.165) is 0 Å². The summed E-state index contributed by atoms with van der Waals surface area (Å²) in [5.41, 5.74) is 0.0950. The zero-order valence-corrected chi connectivity index (χ0v) is 11.7. The van der Waals surface area contributed by atoms with Gasteiger partial charge in [-0.2, -0.15) is 0 Å². The van der Waals surface area contributed by atoms with Crippen molar-refractivity contribution in [3.05, 3.63) is 11.6 Å². The number of esters is 1. The Morgan fingerprint density at radius 2 is 1.81 bits per heavy atom. The van der Waals surface area contributed by atoms with E-state index in [1.165, 1.54) is 19.9 Å². The van der Waals surface area contributed by atoms with Crippen LogP contribution in [0.5, 0.6) is 0 Å². The van der Waals surface area contributed by atoms with Crippen LogP contribution >= 0.6 is 0 Å². The molecule has 6 heteroatoms. The van der Waals surface area contributed by atoms with Gasteiger partial charge in [0.05, 0.1) is 12.6 Å². The maximum absolute atomic E-state index is 10.8. The number of ketones is 1. The molecule has 0 N–H and O–H groups in total. The number of carbonyl (C=O) groups excluding carboxylic acids is 3. The number of carboxylic acids is 1. The van der Waals surface area contributed by atoms with E-state index in [2.05, 4.69) is 4.74 Å². The van der Waals surface area contributed by atoms with E-state index in [1.54, 1.807) is 0 Å². The molecule has 0 heterocycles. The summed E-state index contributed by atoms with van der Waals surface area (Å²) in [6.07, 6.45) is 1.45. The molecule has 16 heavy (non-hydrogen) atoms. The molecule has 0 aliphatic rings. The third-order valence-corrected chi connectivity index (χ3v) is 1.55. The van der Waals surface area contributed by atoms with Crippen molar-refractivity contribution in [1.29, 1.82) is 0 Å². The van der Waals surface area contributed by atoms with Gasteiger partial charge in [-0.05, 0) is 19.4 Å². The number of carbonyl (C=O) groups is 3. The minimum Gasteiger partial charge on any atom is -0.545 e. The number of aliphatic carboxylic acids is 1. The van der Waals surface area contributed by atoms with Gasteiger partial charge in [0.25, 0.3) is 0 Å². The van der Waals surface area contributed by atoms with Crippen molar-refractivity contribution in [1.82, 2.24) is 0 Å². The molecule has 0 amide bonds. The Kier molecular flexibility index (Phi) is 10.6. The third-order valence-electron chi connectivity index (χ3n) is 1.55. The van der Waals surface area contributed by atoms with Crippen molar-refractivity contribution in [3.63, 3.8) is 0 Å². The largest absolute Gasteiger partial charge is 1.00 e. The molecule has 0 aliphatic heterocycles. The molecule has 0 bridgehead atoms. The Bertz CT molecular complexity index is 296. The maximum atomic E-state index is 10.8. The van der Waals surface area contributed by atoms with E-state index in [-0.39, 0.29) is 53.9 Å². The van der Waals surface area contributed by atoms with Crippen LogP contribution in [0.15, 0.2) is 11.6 Å². The van der Waals surface area contributed by atoms with E-state index >= 15 is 0 Å². The maximum Gasteiger partial charge on any atom is 1.00 e. The van der Waals surface area contributed by atoms with Gasteiger partial charge in [0.15, 0.2) is 0 Å². The standard InChI is InChI=1S/C10H14O5.Na/c1-7(10(13)14)4-3-5-15-9(12)6-8(2)11;/h4H,3,5-6H2,1-2H3,(H,13,14);/q;+1/p-1. The van der Waals surface area contributed by atoms with Crippen LogP contribution in [0.2, 0.25) is 0 Å². The molecule has 0 fully saturated rings. The fourth-order valence-corrected chi connectivity index (χ4v) is 0.786. The van der Waals surface area contributed by atoms with Crippen molar-refractivity contribution in [2.24, 2.45) is 0 Å². The predicted molar refractivity (Wildman–Crippen MR) is 49.6 cm³/mol. The van der Waals surface area contributed by atoms with Crippen LogP contribution in [0.3, 0.4) is 0 Å². The Morgan fingerprint density at radius 3 is 2.25 bits per heavy atom. The van der Waals surface area contributed by atoms with E-state index < -0.39 is 11.9 Å². The fraction of sp³-hybridized carbons (Fsp3) is 0.500. The first-order chi connectivity index (χ1) is 6.93. The first kappa shape index (κ1) is 17.7. The molecule has 0 aromatic rings. The summed E-state index contributed by atoms with van der Waals surface area (Å²) in [5.74, 6) is -2.10. The van der Waals surface area contributed by atoms with Gasteiger partial charge in [0.2, 0.25) is 0 Å². The number of hydrogen-bond donors (Lipinski definition) is 0. The zero-order valence-electron chi connectivity index (χ0n) is 9.74. The van der Waals surface area contributed by atoms with Gasteiger partial charge < -0.3 is 14.6 Å². The summed E-state index contributed by atoms with van der Waals surface area (Å²) >= 11 is 0. The molecule has 84 valence electrons. The minimum absolute atomic E-state index is 0. The van der Waals surface area contributed by atoms with Gasteiger partial charge in [0, 0.05) is 6.42 Å². The van der Waals surface area contributed by atoms with Gasteiger partial charge in [-0.15, -0.1) is 0 Å². The van der Waals surface area contributed by atoms with Crippen molar-refractivity contribution in [2.45, 2.75) is 26.7 Å². The zero-order chi connectivity index (χ0) is 11.8. The number of hydrogen-bond acceptors (Lipinski definition) is 5. The first-order valence-corrected chi connectivity index (χ1v) is 4.46. The summed E-state index contributed by atoms with van der Waals surface area (Å²) in [6, 6.07) is 0. The summed E-state index contributed by atoms with van der Waals surface area (Å²) in [5, 5.41) is 10.2. The van der Waals surface area contributed by atoms with E-state index in [1.807, 2.05) is 0 Å². The summed E-state index contributed by atoms with van der Waals surface area (Å²) < 4.78 is 4.67. The van der Waals surface area contributed by atoms with Crippen LogP contribution in [-0.2, 0) is 19.1 Å². The molecule has 0 rings (SSSR count). The molecular weight excluding hydrogens is 223 g/mol. The van der Waals surface area contributed by atoms with Gasteiger partial charge in [-0.3, -0.25) is 9.59 Å². The van der Waals surface area contributed by atoms with Crippen molar-refractivity contribution < 1.29 is 53.8 Å². The first-order valence-electron chi connectivity index (χ1n) is 4.46. The molecule has 0 atom stereocenters. The van der Waals surface area contributed by atoms with Gasteiger partial charge in [-0.25, -0.2) is 0 Å². The summed E-state index contributed by atoms with van der Waals surface area (Å²) in [4.78, 5) is 31.6. The average molecular weight is 236 g/mol. The summed E-state index contributed by atoms with van der Waals surface area (Å²) in [7, 11) is 0. The van der Waals surface area contributed by atoms with Gasteiger partial charge in [0.1, 0.15) is 12.2 Å². The molecule has 0 aromatic carbocycles. The number of carboxylic acid groups (broad SMARTS) is 1. The second-order valence-electron chi connectivity index (χ2n) is 3.06. The smallest absolute Gasteiger partial charge is 0.545 e. The van der Waals surface area contributed by atoms with Crippen LogP contribution in [-0.4, -0.2) is 24.3 Å². The number of rotatable bonds is 6. The Balaban J connectivity index is 0. The predicted octanol–water partition coefficient (Wildman–Crippen LogP) is -3.40. The van der Waals surface area contributed by atoms with Crippen LogP contribution in [0.25, 0.3) is 0 Å². The van der Waals surface area contributed by atoms with Crippen LogP contribution in [0.4, 0.5) is 0 Å². The summed E-state index contributed by atoms with van der Waals surface area (Å²) in [6.45, 7) is 2.75. The molecule has 5 nitrogen and oxygen atoms in total. The monoisotopic (exact) mass is 236 g/mol. The molecular formula is C10H13NaO5. The molecule has 0 radical (unpaired) electrons. The Morgan fingerprint density at radius 1 is 1.25 bits per heavy atom. The minimum atomic E-state index is -1.25. The topological polar surface area (TPSA) is 83.5 Å². The van der Waals surface area contributed by atoms with Crippen molar-refractivity contribution >= 4 is 17.7 Å². The molecule has 0 aromatic heterocycles. The Hall–Kier alpha value is -0.650. The van der Waals surface area contributed by atoms with Crippen LogP contribution in [0.1, 0.15) is 26.7 Å². The average Bonchev–Trinajstić information content (AvgIpc) is 2.10.